The molecule has 2 amide bonds. The lowest BCUT2D eigenvalue weighted by atomic mass is 9.98. The van der Waals surface area contributed by atoms with Crippen LogP contribution in [0.2, 0.25) is 0 Å². The molecule has 0 saturated carbocycles. The van der Waals surface area contributed by atoms with E-state index < -0.39 is 17.6 Å². The van der Waals surface area contributed by atoms with Crippen LogP contribution in [0.5, 0.6) is 0 Å². The van der Waals surface area contributed by atoms with Gasteiger partial charge in [-0.15, -0.1) is 0 Å². The van der Waals surface area contributed by atoms with E-state index in [0.29, 0.717) is 11.1 Å². The number of hydrogen-bond acceptors (Lipinski definition) is 3. The summed E-state index contributed by atoms with van der Waals surface area (Å²) in [5.74, 6) is -1.80. The number of imide groups is 1. The Morgan fingerprint density at radius 1 is 1.14 bits per heavy atom. The molecule has 0 N–H and O–H groups in total. The van der Waals surface area contributed by atoms with Gasteiger partial charge in [0.1, 0.15) is 5.82 Å². The molecule has 0 fully saturated rings. The van der Waals surface area contributed by atoms with Crippen molar-refractivity contribution in [1.29, 1.82) is 5.26 Å². The SMILES string of the molecule is N#Cc1ccc(N2C(=O)Cc3ccccc3C2=O)c(F)c1. The van der Waals surface area contributed by atoms with Crippen LogP contribution in [-0.4, -0.2) is 11.8 Å². The highest BCUT2D eigenvalue weighted by Gasteiger charge is 2.33. The standard InChI is InChI=1S/C16H9FN2O2/c17-13-7-10(9-18)5-6-14(13)19-15(20)8-11-3-1-2-4-12(11)16(19)21/h1-7H,8H2. The van der Waals surface area contributed by atoms with Crippen LogP contribution in [0.3, 0.4) is 0 Å². The number of nitriles is 1. The van der Waals surface area contributed by atoms with Crippen molar-refractivity contribution in [2.24, 2.45) is 0 Å². The Kier molecular flexibility index (Phi) is 2.99. The van der Waals surface area contributed by atoms with E-state index in [1.165, 1.54) is 12.1 Å². The summed E-state index contributed by atoms with van der Waals surface area (Å²) < 4.78 is 14.0. The van der Waals surface area contributed by atoms with Crippen molar-refractivity contribution >= 4 is 17.5 Å². The van der Waals surface area contributed by atoms with Crippen molar-refractivity contribution < 1.29 is 14.0 Å². The molecule has 1 aliphatic heterocycles. The van der Waals surface area contributed by atoms with Crippen LogP contribution in [0.1, 0.15) is 21.5 Å². The number of carbonyl (C=O) groups excluding carboxylic acids is 2. The van der Waals surface area contributed by atoms with E-state index in [2.05, 4.69) is 0 Å². The van der Waals surface area contributed by atoms with Gasteiger partial charge < -0.3 is 0 Å². The van der Waals surface area contributed by atoms with Crippen molar-refractivity contribution in [3.8, 4) is 6.07 Å². The number of nitrogens with zero attached hydrogens (tertiary/aromatic N) is 2. The van der Waals surface area contributed by atoms with Crippen molar-refractivity contribution in [2.75, 3.05) is 4.90 Å². The van der Waals surface area contributed by atoms with E-state index in [-0.39, 0.29) is 17.7 Å². The summed E-state index contributed by atoms with van der Waals surface area (Å²) in [5.41, 5.74) is 1.03. The number of hydrogen-bond donors (Lipinski definition) is 0. The summed E-state index contributed by atoms with van der Waals surface area (Å²) in [7, 11) is 0. The number of anilines is 1. The van der Waals surface area contributed by atoms with Gasteiger partial charge in [-0.25, -0.2) is 9.29 Å². The Hall–Kier alpha value is -3.00. The molecule has 0 bridgehead atoms. The lowest BCUT2D eigenvalue weighted by Crippen LogP contribution is -2.42. The zero-order chi connectivity index (χ0) is 15.0. The Morgan fingerprint density at radius 2 is 1.90 bits per heavy atom. The maximum absolute atomic E-state index is 14.0. The Labute approximate surface area is 120 Å². The Bertz CT molecular complexity index is 808. The molecule has 0 radical (unpaired) electrons. The molecule has 0 aromatic heterocycles. The van der Waals surface area contributed by atoms with Gasteiger partial charge in [0.2, 0.25) is 5.91 Å². The van der Waals surface area contributed by atoms with Gasteiger partial charge in [-0.3, -0.25) is 9.59 Å². The number of rotatable bonds is 1. The molecule has 0 saturated heterocycles. The van der Waals surface area contributed by atoms with Gasteiger partial charge in [0.25, 0.3) is 5.91 Å². The van der Waals surface area contributed by atoms with E-state index >= 15 is 0 Å². The lowest BCUT2D eigenvalue weighted by molar-refractivity contribution is -0.117. The Morgan fingerprint density at radius 3 is 2.62 bits per heavy atom. The van der Waals surface area contributed by atoms with Crippen LogP contribution in [0.25, 0.3) is 0 Å². The highest BCUT2D eigenvalue weighted by atomic mass is 19.1. The smallest absolute Gasteiger partial charge is 0.265 e. The molecule has 5 heteroatoms. The molecule has 1 heterocycles. The molecule has 21 heavy (non-hydrogen) atoms. The third-order valence-corrected chi connectivity index (χ3v) is 3.36. The molecule has 3 rings (SSSR count). The molecular weight excluding hydrogens is 271 g/mol. The number of carbonyl (C=O) groups is 2. The second-order valence-corrected chi connectivity index (χ2v) is 4.65. The second-order valence-electron chi connectivity index (χ2n) is 4.65. The molecule has 0 atom stereocenters. The monoisotopic (exact) mass is 280 g/mol. The molecule has 0 unspecified atom stereocenters. The fourth-order valence-electron chi connectivity index (χ4n) is 2.36. The minimum Gasteiger partial charge on any atom is -0.274 e. The van der Waals surface area contributed by atoms with Crippen molar-refractivity contribution in [3.63, 3.8) is 0 Å². The molecule has 0 spiro atoms. The van der Waals surface area contributed by atoms with Crippen LogP contribution in [0.4, 0.5) is 10.1 Å². The predicted molar refractivity (Wildman–Crippen MR) is 73.1 cm³/mol. The van der Waals surface area contributed by atoms with Gasteiger partial charge in [0.05, 0.1) is 23.7 Å². The van der Waals surface area contributed by atoms with Crippen LogP contribution < -0.4 is 4.90 Å². The fraction of sp³-hybridized carbons (Fsp3) is 0.0625. The quantitative estimate of drug-likeness (QED) is 0.754. The first-order valence-corrected chi connectivity index (χ1v) is 6.26. The predicted octanol–water partition coefficient (Wildman–Crippen LogP) is 2.43. The number of amides is 2. The van der Waals surface area contributed by atoms with E-state index in [1.54, 1.807) is 24.3 Å². The topological polar surface area (TPSA) is 61.2 Å². The average molecular weight is 280 g/mol. The molecule has 1 aliphatic rings. The van der Waals surface area contributed by atoms with E-state index in [0.717, 1.165) is 11.0 Å². The largest absolute Gasteiger partial charge is 0.274 e. The Balaban J connectivity index is 2.10. The van der Waals surface area contributed by atoms with E-state index in [4.69, 9.17) is 5.26 Å². The summed E-state index contributed by atoms with van der Waals surface area (Å²) in [6.07, 6.45) is 0.0430. The van der Waals surface area contributed by atoms with Crippen LogP contribution >= 0.6 is 0 Å². The molecule has 4 nitrogen and oxygen atoms in total. The third kappa shape index (κ3) is 2.07. The second kappa shape index (κ2) is 4.84. The van der Waals surface area contributed by atoms with Gasteiger partial charge in [0, 0.05) is 5.56 Å². The summed E-state index contributed by atoms with van der Waals surface area (Å²) in [5, 5.41) is 8.73. The zero-order valence-corrected chi connectivity index (χ0v) is 10.8. The summed E-state index contributed by atoms with van der Waals surface area (Å²) in [6.45, 7) is 0. The minimum absolute atomic E-state index is 0.0430. The van der Waals surface area contributed by atoms with Crippen molar-refractivity contribution in [3.05, 3.63) is 65.0 Å². The molecular formula is C16H9FN2O2. The van der Waals surface area contributed by atoms with Crippen molar-refractivity contribution in [2.45, 2.75) is 6.42 Å². The number of halogens is 1. The van der Waals surface area contributed by atoms with Gasteiger partial charge in [-0.2, -0.15) is 5.26 Å². The lowest BCUT2D eigenvalue weighted by Gasteiger charge is -2.27. The third-order valence-electron chi connectivity index (χ3n) is 3.36. The first-order chi connectivity index (χ1) is 10.1. The van der Waals surface area contributed by atoms with Crippen LogP contribution in [0, 0.1) is 17.1 Å². The van der Waals surface area contributed by atoms with Crippen LogP contribution in [0.15, 0.2) is 42.5 Å². The van der Waals surface area contributed by atoms with Gasteiger partial charge in [-0.1, -0.05) is 18.2 Å². The summed E-state index contributed by atoms with van der Waals surface area (Å²) in [4.78, 5) is 25.4. The summed E-state index contributed by atoms with van der Waals surface area (Å²) >= 11 is 0. The van der Waals surface area contributed by atoms with Gasteiger partial charge >= 0.3 is 0 Å². The maximum atomic E-state index is 14.0. The zero-order valence-electron chi connectivity index (χ0n) is 10.8. The van der Waals surface area contributed by atoms with Crippen molar-refractivity contribution in [1.82, 2.24) is 0 Å². The molecule has 2 aromatic rings. The molecule has 102 valence electrons. The van der Waals surface area contributed by atoms with E-state index in [9.17, 15) is 14.0 Å². The summed E-state index contributed by atoms with van der Waals surface area (Å²) in [6, 6.07) is 12.2. The average Bonchev–Trinajstić information content (AvgIpc) is 2.48. The first kappa shape index (κ1) is 13.0. The van der Waals surface area contributed by atoms with Gasteiger partial charge in [0.15, 0.2) is 0 Å². The molecule has 0 aliphatic carbocycles. The molecule has 2 aromatic carbocycles. The number of benzene rings is 2. The highest BCUT2D eigenvalue weighted by Crippen LogP contribution is 2.27. The van der Waals surface area contributed by atoms with E-state index in [1.807, 2.05) is 6.07 Å². The van der Waals surface area contributed by atoms with Crippen LogP contribution in [-0.2, 0) is 11.2 Å². The minimum atomic E-state index is -0.768. The number of fused-ring (bicyclic) bond motifs is 1. The highest BCUT2D eigenvalue weighted by molar-refractivity contribution is 6.24. The fourth-order valence-corrected chi connectivity index (χ4v) is 2.36. The maximum Gasteiger partial charge on any atom is 0.265 e. The first-order valence-electron chi connectivity index (χ1n) is 6.26. The normalized spacial score (nSPS) is 13.8. The van der Waals surface area contributed by atoms with Gasteiger partial charge in [-0.05, 0) is 29.8 Å².